The Labute approximate surface area is 190 Å². The molecule has 0 radical (unpaired) electrons. The van der Waals surface area contributed by atoms with Crippen LogP contribution in [0, 0.1) is 5.92 Å². The number of aromatic amines is 1. The average Bonchev–Trinajstić information content (AvgIpc) is 3.27. The van der Waals surface area contributed by atoms with Crippen LogP contribution in [0.3, 0.4) is 0 Å². The molecule has 0 spiro atoms. The maximum absolute atomic E-state index is 13.1. The molecule has 2 aromatic heterocycles. The third-order valence-corrected chi connectivity index (χ3v) is 5.89. The van der Waals surface area contributed by atoms with E-state index in [4.69, 9.17) is 9.47 Å². The number of hydrogen-bond acceptors (Lipinski definition) is 6. The van der Waals surface area contributed by atoms with E-state index >= 15 is 0 Å². The quantitative estimate of drug-likeness (QED) is 0.427. The Kier molecular flexibility index (Phi) is 6.30. The minimum atomic E-state index is -0.428. The van der Waals surface area contributed by atoms with E-state index in [0.717, 1.165) is 22.1 Å². The summed E-state index contributed by atoms with van der Waals surface area (Å²) in [6.45, 7) is 3.87. The number of fused-ring (bicyclic) bond motifs is 2. The van der Waals surface area contributed by atoms with E-state index in [9.17, 15) is 9.59 Å². The lowest BCUT2D eigenvalue weighted by Gasteiger charge is -2.22. The first-order valence-corrected chi connectivity index (χ1v) is 10.8. The molecule has 9 nitrogen and oxygen atoms in total. The molecule has 1 amide bonds. The van der Waals surface area contributed by atoms with Gasteiger partial charge < -0.3 is 19.8 Å². The van der Waals surface area contributed by atoms with Crippen molar-refractivity contribution in [2.45, 2.75) is 32.9 Å². The van der Waals surface area contributed by atoms with Crippen LogP contribution >= 0.6 is 0 Å². The van der Waals surface area contributed by atoms with Crippen molar-refractivity contribution < 1.29 is 14.3 Å². The Morgan fingerprint density at radius 1 is 1.18 bits per heavy atom. The summed E-state index contributed by atoms with van der Waals surface area (Å²) in [6.07, 6.45) is 2.38. The summed E-state index contributed by atoms with van der Waals surface area (Å²) in [6, 6.07) is 10.8. The molecule has 2 N–H and O–H groups in total. The number of nitrogens with zero attached hydrogens (tertiary/aromatic N) is 3. The first-order valence-electron chi connectivity index (χ1n) is 10.8. The van der Waals surface area contributed by atoms with Crippen molar-refractivity contribution in [2.24, 2.45) is 5.92 Å². The SMILES string of the molecule is CC[C@@H](C)[C@@H](NC(=O)Cn1ncc2ccc(OC)c(OC)c2c1=O)c1nc2ccccc2[nH]1. The number of imidazole rings is 1. The van der Waals surface area contributed by atoms with Crippen molar-refractivity contribution in [3.05, 3.63) is 58.8 Å². The highest BCUT2D eigenvalue weighted by Crippen LogP contribution is 2.32. The molecule has 2 heterocycles. The van der Waals surface area contributed by atoms with E-state index in [1.54, 1.807) is 12.1 Å². The van der Waals surface area contributed by atoms with E-state index < -0.39 is 5.56 Å². The monoisotopic (exact) mass is 449 g/mol. The van der Waals surface area contributed by atoms with Gasteiger partial charge in [0.1, 0.15) is 12.4 Å². The molecule has 0 aliphatic rings. The standard InChI is InChI=1S/C24H27N5O4/c1-5-14(2)21(23-26-16-8-6-7-9-17(16)27-23)28-19(30)13-29-24(31)20-15(12-25-29)10-11-18(32-3)22(20)33-4/h6-12,14,21H,5,13H2,1-4H3,(H,26,27)(H,28,30)/t14-,21-/m1/s1. The van der Waals surface area contributed by atoms with Crippen molar-refractivity contribution >= 4 is 27.7 Å². The van der Waals surface area contributed by atoms with Gasteiger partial charge in [-0.2, -0.15) is 5.10 Å². The molecule has 2 aromatic carbocycles. The van der Waals surface area contributed by atoms with E-state index in [1.165, 1.54) is 20.4 Å². The van der Waals surface area contributed by atoms with Crippen LogP contribution in [0.1, 0.15) is 32.1 Å². The van der Waals surface area contributed by atoms with E-state index in [1.807, 2.05) is 24.3 Å². The molecule has 0 aliphatic heterocycles. The maximum Gasteiger partial charge on any atom is 0.279 e. The van der Waals surface area contributed by atoms with Gasteiger partial charge in [-0.15, -0.1) is 0 Å². The first kappa shape index (κ1) is 22.3. The highest BCUT2D eigenvalue weighted by atomic mass is 16.5. The van der Waals surface area contributed by atoms with Crippen LogP contribution in [-0.2, 0) is 11.3 Å². The molecule has 0 aliphatic carbocycles. The van der Waals surface area contributed by atoms with Crippen LogP contribution in [-0.4, -0.2) is 39.9 Å². The van der Waals surface area contributed by atoms with Gasteiger partial charge in [0, 0.05) is 5.39 Å². The molecule has 9 heteroatoms. The molecule has 4 aromatic rings. The number of para-hydroxylation sites is 2. The topological polar surface area (TPSA) is 111 Å². The second kappa shape index (κ2) is 9.32. The largest absolute Gasteiger partial charge is 0.493 e. The summed E-state index contributed by atoms with van der Waals surface area (Å²) in [4.78, 5) is 34.1. The van der Waals surface area contributed by atoms with Crippen molar-refractivity contribution in [3.63, 3.8) is 0 Å². The molecular weight excluding hydrogens is 422 g/mol. The number of amides is 1. The van der Waals surface area contributed by atoms with Gasteiger partial charge in [0.15, 0.2) is 11.5 Å². The smallest absolute Gasteiger partial charge is 0.279 e. The number of rotatable bonds is 8. The summed E-state index contributed by atoms with van der Waals surface area (Å²) in [5, 5.41) is 8.13. The summed E-state index contributed by atoms with van der Waals surface area (Å²) >= 11 is 0. The van der Waals surface area contributed by atoms with Gasteiger partial charge in [-0.05, 0) is 30.2 Å². The second-order valence-corrected chi connectivity index (χ2v) is 7.94. The highest BCUT2D eigenvalue weighted by molar-refractivity contribution is 5.89. The molecule has 0 unspecified atom stereocenters. The molecular formula is C24H27N5O4. The summed E-state index contributed by atoms with van der Waals surface area (Å²) < 4.78 is 11.8. The average molecular weight is 450 g/mol. The Morgan fingerprint density at radius 3 is 2.67 bits per heavy atom. The zero-order valence-electron chi connectivity index (χ0n) is 19.1. The molecule has 0 bridgehead atoms. The Morgan fingerprint density at radius 2 is 1.97 bits per heavy atom. The van der Waals surface area contributed by atoms with Crippen LogP contribution in [0.4, 0.5) is 0 Å². The first-order chi connectivity index (χ1) is 16.0. The minimum Gasteiger partial charge on any atom is -0.493 e. The van der Waals surface area contributed by atoms with Gasteiger partial charge in [-0.1, -0.05) is 32.4 Å². The van der Waals surface area contributed by atoms with Gasteiger partial charge in [0.2, 0.25) is 5.91 Å². The van der Waals surface area contributed by atoms with Crippen molar-refractivity contribution in [1.82, 2.24) is 25.1 Å². The molecule has 0 saturated heterocycles. The Bertz CT molecular complexity index is 1330. The molecule has 4 rings (SSSR count). The third kappa shape index (κ3) is 4.26. The second-order valence-electron chi connectivity index (χ2n) is 7.94. The zero-order valence-corrected chi connectivity index (χ0v) is 19.1. The normalized spacial score (nSPS) is 13.1. The van der Waals surface area contributed by atoms with Crippen LogP contribution in [0.2, 0.25) is 0 Å². The van der Waals surface area contributed by atoms with Gasteiger partial charge in [0.05, 0.1) is 42.9 Å². The lowest BCUT2D eigenvalue weighted by atomic mass is 9.98. The number of hydrogen-bond donors (Lipinski definition) is 2. The number of H-pyrrole nitrogens is 1. The molecule has 0 saturated carbocycles. The summed E-state index contributed by atoms with van der Waals surface area (Å²) in [5.74, 6) is 1.23. The number of carbonyl (C=O) groups is 1. The van der Waals surface area contributed by atoms with Gasteiger partial charge >= 0.3 is 0 Å². The fraction of sp³-hybridized carbons (Fsp3) is 0.333. The summed E-state index contributed by atoms with van der Waals surface area (Å²) in [5.41, 5.74) is 1.31. The number of methoxy groups -OCH3 is 2. The van der Waals surface area contributed by atoms with E-state index in [0.29, 0.717) is 28.1 Å². The predicted molar refractivity (Wildman–Crippen MR) is 126 cm³/mol. The van der Waals surface area contributed by atoms with Gasteiger partial charge in [-0.3, -0.25) is 9.59 Å². The minimum absolute atomic E-state index is 0.125. The molecule has 0 fully saturated rings. The van der Waals surface area contributed by atoms with Crippen LogP contribution in [0.5, 0.6) is 11.5 Å². The molecule has 33 heavy (non-hydrogen) atoms. The summed E-state index contributed by atoms with van der Waals surface area (Å²) in [7, 11) is 2.97. The molecule has 172 valence electrons. The fourth-order valence-electron chi connectivity index (χ4n) is 3.89. The van der Waals surface area contributed by atoms with E-state index in [-0.39, 0.29) is 24.4 Å². The fourth-order valence-corrected chi connectivity index (χ4v) is 3.89. The highest BCUT2D eigenvalue weighted by Gasteiger charge is 2.24. The van der Waals surface area contributed by atoms with Crippen molar-refractivity contribution in [1.29, 1.82) is 0 Å². The predicted octanol–water partition coefficient (Wildman–Crippen LogP) is 3.19. The third-order valence-electron chi connectivity index (χ3n) is 5.89. The van der Waals surface area contributed by atoms with E-state index in [2.05, 4.69) is 34.2 Å². The van der Waals surface area contributed by atoms with Crippen LogP contribution in [0.25, 0.3) is 21.8 Å². The van der Waals surface area contributed by atoms with Crippen LogP contribution < -0.4 is 20.3 Å². The number of aromatic nitrogens is 4. The lowest BCUT2D eigenvalue weighted by molar-refractivity contribution is -0.123. The van der Waals surface area contributed by atoms with Crippen LogP contribution in [0.15, 0.2) is 47.4 Å². The van der Waals surface area contributed by atoms with Crippen molar-refractivity contribution in [3.8, 4) is 11.5 Å². The zero-order chi connectivity index (χ0) is 23.5. The Balaban J connectivity index is 1.63. The van der Waals surface area contributed by atoms with Gasteiger partial charge in [-0.25, -0.2) is 9.67 Å². The lowest BCUT2D eigenvalue weighted by Crippen LogP contribution is -2.38. The Hall–Kier alpha value is -3.88. The number of carbonyl (C=O) groups excluding carboxylic acids is 1. The van der Waals surface area contributed by atoms with Crippen molar-refractivity contribution in [2.75, 3.05) is 14.2 Å². The molecule has 2 atom stereocenters. The number of ether oxygens (including phenoxy) is 2. The number of benzene rings is 2. The van der Waals surface area contributed by atoms with Gasteiger partial charge in [0.25, 0.3) is 5.56 Å². The number of nitrogens with one attached hydrogen (secondary N) is 2. The maximum atomic E-state index is 13.1.